The normalized spacial score (nSPS) is 16.0. The van der Waals surface area contributed by atoms with Crippen LogP contribution >= 0.6 is 0 Å². The molecule has 1 N–H and O–H groups in total. The van der Waals surface area contributed by atoms with Crippen LogP contribution in [0.25, 0.3) is 0 Å². The highest BCUT2D eigenvalue weighted by atomic mass is 16.6. The molecule has 0 aromatic heterocycles. The zero-order chi connectivity index (χ0) is 16.2. The van der Waals surface area contributed by atoms with Crippen LogP contribution in [-0.2, 0) is 22.6 Å². The first-order valence-corrected chi connectivity index (χ1v) is 7.45. The smallest absolute Gasteiger partial charge is 0.414 e. The van der Waals surface area contributed by atoms with Gasteiger partial charge in [-0.3, -0.25) is 9.69 Å². The number of rotatable bonds is 4. The van der Waals surface area contributed by atoms with E-state index in [0.717, 1.165) is 16.8 Å². The predicted molar refractivity (Wildman–Crippen MR) is 85.3 cm³/mol. The minimum absolute atomic E-state index is 0.102. The van der Waals surface area contributed by atoms with E-state index in [2.05, 4.69) is 0 Å². The van der Waals surface area contributed by atoms with Gasteiger partial charge in [-0.15, -0.1) is 0 Å². The van der Waals surface area contributed by atoms with Gasteiger partial charge in [-0.2, -0.15) is 0 Å². The van der Waals surface area contributed by atoms with Crippen molar-refractivity contribution in [3.8, 4) is 0 Å². The van der Waals surface area contributed by atoms with E-state index in [1.54, 1.807) is 0 Å². The molecule has 1 aliphatic heterocycles. The zero-order valence-electron chi connectivity index (χ0n) is 12.5. The topological polar surface area (TPSA) is 66.8 Å². The Balaban J connectivity index is 1.76. The summed E-state index contributed by atoms with van der Waals surface area (Å²) in [6.45, 7) is 0.165. The van der Waals surface area contributed by atoms with Crippen molar-refractivity contribution in [2.24, 2.45) is 0 Å². The van der Waals surface area contributed by atoms with Crippen LogP contribution in [0.3, 0.4) is 0 Å². The molecule has 3 rings (SSSR count). The number of para-hydroxylation sites is 1. The van der Waals surface area contributed by atoms with Crippen molar-refractivity contribution in [2.75, 3.05) is 4.90 Å². The number of carboxylic acids is 1. The quantitative estimate of drug-likeness (QED) is 0.941. The molecular formula is C18H17NO4. The summed E-state index contributed by atoms with van der Waals surface area (Å²) in [5, 5.41) is 9.08. The van der Waals surface area contributed by atoms with Gasteiger partial charge >= 0.3 is 12.1 Å². The predicted octanol–water partition coefficient (Wildman–Crippen LogP) is 3.23. The second-order valence-electron chi connectivity index (χ2n) is 5.49. The second-order valence-corrected chi connectivity index (χ2v) is 5.49. The van der Waals surface area contributed by atoms with Crippen LogP contribution < -0.4 is 4.90 Å². The lowest BCUT2D eigenvalue weighted by atomic mass is 10.1. The molecule has 1 heterocycles. The molecule has 5 heteroatoms. The van der Waals surface area contributed by atoms with E-state index in [1.165, 1.54) is 4.90 Å². The third-order valence-corrected chi connectivity index (χ3v) is 3.88. The van der Waals surface area contributed by atoms with Gasteiger partial charge in [0.2, 0.25) is 0 Å². The molecule has 1 aliphatic rings. The molecule has 0 fully saturated rings. The lowest BCUT2D eigenvalue weighted by molar-refractivity contribution is -0.137. The molecule has 0 radical (unpaired) electrons. The Kier molecular flexibility index (Phi) is 4.28. The Bertz CT molecular complexity index is 714. The molecule has 1 amide bonds. The molecule has 0 saturated carbocycles. The van der Waals surface area contributed by atoms with E-state index in [9.17, 15) is 9.59 Å². The Hall–Kier alpha value is -2.82. The third kappa shape index (κ3) is 3.34. The van der Waals surface area contributed by atoms with E-state index >= 15 is 0 Å². The van der Waals surface area contributed by atoms with E-state index in [1.807, 2.05) is 54.6 Å². The van der Waals surface area contributed by atoms with E-state index in [0.29, 0.717) is 6.42 Å². The van der Waals surface area contributed by atoms with Gasteiger partial charge in [0.05, 0.1) is 18.2 Å². The molecule has 0 unspecified atom stereocenters. The van der Waals surface area contributed by atoms with Crippen molar-refractivity contribution < 1.29 is 19.4 Å². The molecule has 2 aromatic rings. The summed E-state index contributed by atoms with van der Waals surface area (Å²) >= 11 is 0. The number of nitrogens with zero attached hydrogens (tertiary/aromatic N) is 1. The first-order valence-electron chi connectivity index (χ1n) is 7.45. The van der Waals surface area contributed by atoms with Crippen LogP contribution in [-0.4, -0.2) is 23.2 Å². The number of hydrogen-bond donors (Lipinski definition) is 1. The molecule has 0 aliphatic carbocycles. The van der Waals surface area contributed by atoms with Gasteiger partial charge < -0.3 is 9.84 Å². The van der Waals surface area contributed by atoms with Crippen LogP contribution in [0, 0.1) is 0 Å². The highest BCUT2D eigenvalue weighted by Gasteiger charge is 2.35. The fraction of sp³-hybridized carbons (Fsp3) is 0.222. The first-order chi connectivity index (χ1) is 11.1. The minimum Gasteiger partial charge on any atom is -0.481 e. The Labute approximate surface area is 134 Å². The van der Waals surface area contributed by atoms with Crippen LogP contribution in [0.5, 0.6) is 0 Å². The summed E-state index contributed by atoms with van der Waals surface area (Å²) in [5.41, 5.74) is 2.59. The summed E-state index contributed by atoms with van der Waals surface area (Å²) in [6, 6.07) is 16.4. The maximum Gasteiger partial charge on any atom is 0.414 e. The number of carboxylic acid groups (broad SMARTS) is 1. The summed E-state index contributed by atoms with van der Waals surface area (Å²) in [4.78, 5) is 25.0. The Morgan fingerprint density at radius 2 is 1.78 bits per heavy atom. The molecular weight excluding hydrogens is 294 g/mol. The average molecular weight is 311 g/mol. The lowest BCUT2D eigenvalue weighted by Crippen LogP contribution is -2.39. The number of carbonyl (C=O) groups is 2. The van der Waals surface area contributed by atoms with Crippen LogP contribution in [0.15, 0.2) is 54.6 Å². The number of hydrogen-bond acceptors (Lipinski definition) is 3. The van der Waals surface area contributed by atoms with Crippen molar-refractivity contribution in [1.82, 2.24) is 0 Å². The number of carbonyl (C=O) groups excluding carboxylic acids is 1. The van der Waals surface area contributed by atoms with E-state index < -0.39 is 18.1 Å². The lowest BCUT2D eigenvalue weighted by Gasteiger charge is -2.23. The van der Waals surface area contributed by atoms with Crippen molar-refractivity contribution in [3.05, 3.63) is 65.7 Å². The highest BCUT2D eigenvalue weighted by molar-refractivity contribution is 5.92. The maximum absolute atomic E-state index is 12.5. The van der Waals surface area contributed by atoms with Gasteiger partial charge in [-0.25, -0.2) is 4.79 Å². The van der Waals surface area contributed by atoms with Crippen LogP contribution in [0.2, 0.25) is 0 Å². The molecule has 0 saturated heterocycles. The molecule has 5 nitrogen and oxygen atoms in total. The van der Waals surface area contributed by atoms with Crippen LogP contribution in [0.4, 0.5) is 10.5 Å². The van der Waals surface area contributed by atoms with Crippen molar-refractivity contribution in [1.29, 1.82) is 0 Å². The number of ether oxygens (including phenoxy) is 1. The summed E-state index contributed by atoms with van der Waals surface area (Å²) in [7, 11) is 0. The molecule has 118 valence electrons. The number of amides is 1. The molecule has 1 atom stereocenters. The number of anilines is 1. The van der Waals surface area contributed by atoms with Gasteiger partial charge in [0.15, 0.2) is 0 Å². The molecule has 2 aromatic carbocycles. The van der Waals surface area contributed by atoms with Gasteiger partial charge in [0.1, 0.15) is 6.61 Å². The fourth-order valence-electron chi connectivity index (χ4n) is 2.86. The zero-order valence-corrected chi connectivity index (χ0v) is 12.5. The number of aliphatic carboxylic acids is 1. The minimum atomic E-state index is -0.927. The van der Waals surface area contributed by atoms with Gasteiger partial charge in [-0.05, 0) is 23.6 Å². The molecule has 0 spiro atoms. The Morgan fingerprint density at radius 1 is 1.09 bits per heavy atom. The Morgan fingerprint density at radius 3 is 2.52 bits per heavy atom. The molecule has 0 bridgehead atoms. The van der Waals surface area contributed by atoms with Gasteiger partial charge in [-0.1, -0.05) is 48.5 Å². The van der Waals surface area contributed by atoms with Crippen LogP contribution in [0.1, 0.15) is 17.5 Å². The monoisotopic (exact) mass is 311 g/mol. The highest BCUT2D eigenvalue weighted by Crippen LogP contribution is 2.34. The average Bonchev–Trinajstić information content (AvgIpc) is 2.90. The van der Waals surface area contributed by atoms with E-state index in [-0.39, 0.29) is 13.0 Å². The second kappa shape index (κ2) is 6.52. The van der Waals surface area contributed by atoms with Gasteiger partial charge in [0.25, 0.3) is 0 Å². The summed E-state index contributed by atoms with van der Waals surface area (Å²) < 4.78 is 5.37. The van der Waals surface area contributed by atoms with Crippen molar-refractivity contribution in [3.63, 3.8) is 0 Å². The SMILES string of the molecule is O=C(O)C[C@H]1Cc2ccccc2N1C(=O)OCc1ccccc1. The first kappa shape index (κ1) is 15.1. The summed E-state index contributed by atoms with van der Waals surface area (Å²) in [5.74, 6) is -0.927. The number of benzene rings is 2. The van der Waals surface area contributed by atoms with E-state index in [4.69, 9.17) is 9.84 Å². The third-order valence-electron chi connectivity index (χ3n) is 3.88. The van der Waals surface area contributed by atoms with Crippen molar-refractivity contribution >= 4 is 17.7 Å². The fourth-order valence-corrected chi connectivity index (χ4v) is 2.86. The summed E-state index contributed by atoms with van der Waals surface area (Å²) in [6.07, 6.45) is -0.0806. The van der Waals surface area contributed by atoms with Crippen molar-refractivity contribution in [2.45, 2.75) is 25.5 Å². The standard InChI is InChI=1S/C18H17NO4/c20-17(21)11-15-10-14-8-4-5-9-16(14)19(15)18(22)23-12-13-6-2-1-3-7-13/h1-9,15H,10-12H2,(H,20,21)/t15-/m1/s1. The largest absolute Gasteiger partial charge is 0.481 e. The molecule has 23 heavy (non-hydrogen) atoms. The number of fused-ring (bicyclic) bond motifs is 1. The van der Waals surface area contributed by atoms with Gasteiger partial charge in [0, 0.05) is 0 Å². The maximum atomic E-state index is 12.5.